The second-order valence-electron chi connectivity index (χ2n) is 9.59. The Kier molecular flexibility index (Phi) is 7.64. The van der Waals surface area contributed by atoms with Crippen molar-refractivity contribution < 1.29 is 9.53 Å². The molecule has 3 aromatic rings. The zero-order chi connectivity index (χ0) is 24.2. The lowest BCUT2D eigenvalue weighted by Gasteiger charge is -2.31. The second-order valence-corrected chi connectivity index (χ2v) is 10.4. The van der Waals surface area contributed by atoms with Gasteiger partial charge in [-0.25, -0.2) is 4.98 Å². The summed E-state index contributed by atoms with van der Waals surface area (Å²) in [5, 5.41) is 1.24. The Morgan fingerprint density at radius 3 is 2.43 bits per heavy atom. The topological polar surface area (TPSA) is 58.2 Å². The molecule has 1 saturated heterocycles. The molecule has 2 aliphatic rings. The molecule has 0 radical (unpaired) electrons. The number of rotatable bonds is 8. The van der Waals surface area contributed by atoms with Crippen LogP contribution in [0.25, 0.3) is 11.1 Å². The van der Waals surface area contributed by atoms with Crippen molar-refractivity contribution in [2.45, 2.75) is 57.4 Å². The molecular formula is C28H31Cl2N3O2. The third kappa shape index (κ3) is 5.68. The van der Waals surface area contributed by atoms with E-state index in [1.807, 2.05) is 42.6 Å². The van der Waals surface area contributed by atoms with Crippen LogP contribution in [-0.2, 0) is 17.6 Å². The minimum absolute atomic E-state index is 0.0320. The summed E-state index contributed by atoms with van der Waals surface area (Å²) in [6.07, 6.45) is 11.8. The van der Waals surface area contributed by atoms with Crippen LogP contribution in [0.4, 0.5) is 0 Å². The standard InChI is InChI=1S/C28H31Cl2N3O2/c29-25-17-21(19-6-8-23(9-7-19)35-15-11-27-31-12-13-32-27)18-26(30)24(25)16-20-10-14-33(28(20)34)22-4-2-1-3-5-22/h6-9,12-13,17-18,20,22H,1-5,10-11,14-16H2,(H,31,32). The number of likely N-dealkylation sites (tertiary alicyclic amines) is 1. The van der Waals surface area contributed by atoms with Gasteiger partial charge in [0.25, 0.3) is 0 Å². The Hall–Kier alpha value is -2.50. The molecule has 0 spiro atoms. The molecule has 184 valence electrons. The van der Waals surface area contributed by atoms with E-state index in [2.05, 4.69) is 14.9 Å². The molecule has 1 N–H and O–H groups in total. The fourth-order valence-corrected chi connectivity index (χ4v) is 6.00. The first-order valence-electron chi connectivity index (χ1n) is 12.6. The van der Waals surface area contributed by atoms with Gasteiger partial charge in [-0.2, -0.15) is 0 Å². The number of hydrogen-bond acceptors (Lipinski definition) is 3. The van der Waals surface area contributed by atoms with E-state index in [9.17, 15) is 4.79 Å². The Bertz CT molecular complexity index is 1120. The molecule has 5 nitrogen and oxygen atoms in total. The van der Waals surface area contributed by atoms with Crippen molar-refractivity contribution in [2.75, 3.05) is 13.2 Å². The first-order chi connectivity index (χ1) is 17.1. The van der Waals surface area contributed by atoms with E-state index < -0.39 is 0 Å². The van der Waals surface area contributed by atoms with E-state index in [1.165, 1.54) is 19.3 Å². The molecule has 1 unspecified atom stereocenters. The summed E-state index contributed by atoms with van der Waals surface area (Å²) < 4.78 is 5.83. The minimum atomic E-state index is -0.0320. The number of carbonyl (C=O) groups excluding carboxylic acids is 1. The van der Waals surface area contributed by atoms with Gasteiger partial charge in [-0.15, -0.1) is 0 Å². The number of halogens is 2. The first kappa shape index (κ1) is 24.2. The quantitative estimate of drug-likeness (QED) is 0.364. The van der Waals surface area contributed by atoms with Gasteiger partial charge >= 0.3 is 0 Å². The molecule has 1 aromatic heterocycles. The lowest BCUT2D eigenvalue weighted by atomic mass is 9.93. The summed E-state index contributed by atoms with van der Waals surface area (Å²) in [7, 11) is 0. The summed E-state index contributed by atoms with van der Waals surface area (Å²) in [4.78, 5) is 22.5. The van der Waals surface area contributed by atoms with Crippen LogP contribution in [0.15, 0.2) is 48.8 Å². The smallest absolute Gasteiger partial charge is 0.226 e. The summed E-state index contributed by atoms with van der Waals surface area (Å²) in [6, 6.07) is 12.2. The summed E-state index contributed by atoms with van der Waals surface area (Å²) in [5.41, 5.74) is 2.84. The van der Waals surface area contributed by atoms with Crippen LogP contribution in [0.3, 0.4) is 0 Å². The van der Waals surface area contributed by atoms with E-state index in [0.717, 1.165) is 60.5 Å². The van der Waals surface area contributed by atoms with Gasteiger partial charge in [0.2, 0.25) is 5.91 Å². The number of ether oxygens (including phenoxy) is 1. The van der Waals surface area contributed by atoms with E-state index in [0.29, 0.717) is 29.1 Å². The number of imidazole rings is 1. The third-order valence-electron chi connectivity index (χ3n) is 7.31. The van der Waals surface area contributed by atoms with Crippen molar-refractivity contribution in [2.24, 2.45) is 5.92 Å². The molecule has 1 atom stereocenters. The molecule has 35 heavy (non-hydrogen) atoms. The highest BCUT2D eigenvalue weighted by molar-refractivity contribution is 6.36. The van der Waals surface area contributed by atoms with Gasteiger partial charge in [-0.3, -0.25) is 4.79 Å². The second kappa shape index (κ2) is 11.0. The van der Waals surface area contributed by atoms with Crippen LogP contribution in [0.1, 0.15) is 49.9 Å². The molecule has 2 fully saturated rings. The number of H-pyrrole nitrogens is 1. The summed E-state index contributed by atoms with van der Waals surface area (Å²) >= 11 is 13.4. The van der Waals surface area contributed by atoms with Crippen molar-refractivity contribution in [1.82, 2.24) is 14.9 Å². The van der Waals surface area contributed by atoms with Gasteiger partial charge in [-0.05, 0) is 66.6 Å². The SMILES string of the molecule is O=C1C(Cc2c(Cl)cc(-c3ccc(OCCc4ncc[nH]4)cc3)cc2Cl)CCN1C1CCCCC1. The van der Waals surface area contributed by atoms with Crippen LogP contribution in [0.2, 0.25) is 10.0 Å². The maximum absolute atomic E-state index is 13.1. The Labute approximate surface area is 216 Å². The fourth-order valence-electron chi connectivity index (χ4n) is 5.36. The van der Waals surface area contributed by atoms with Crippen molar-refractivity contribution in [3.8, 4) is 16.9 Å². The van der Waals surface area contributed by atoms with Crippen LogP contribution >= 0.6 is 23.2 Å². The molecular weight excluding hydrogens is 481 g/mol. The number of carbonyl (C=O) groups is 1. The number of benzene rings is 2. The van der Waals surface area contributed by atoms with Crippen LogP contribution < -0.4 is 4.74 Å². The lowest BCUT2D eigenvalue weighted by molar-refractivity contribution is -0.133. The van der Waals surface area contributed by atoms with Crippen molar-refractivity contribution in [3.05, 3.63) is 70.2 Å². The number of aromatic amines is 1. The van der Waals surface area contributed by atoms with Crippen molar-refractivity contribution >= 4 is 29.1 Å². The molecule has 1 aliphatic carbocycles. The zero-order valence-corrected chi connectivity index (χ0v) is 21.3. The third-order valence-corrected chi connectivity index (χ3v) is 7.98. The van der Waals surface area contributed by atoms with Crippen molar-refractivity contribution in [1.29, 1.82) is 0 Å². The van der Waals surface area contributed by atoms with Gasteiger partial charge in [-0.1, -0.05) is 54.6 Å². The molecule has 7 heteroatoms. The lowest BCUT2D eigenvalue weighted by Crippen LogP contribution is -2.39. The average molecular weight is 512 g/mol. The van der Waals surface area contributed by atoms with E-state index >= 15 is 0 Å². The zero-order valence-electron chi connectivity index (χ0n) is 19.8. The first-order valence-corrected chi connectivity index (χ1v) is 13.3. The summed E-state index contributed by atoms with van der Waals surface area (Å²) in [6.45, 7) is 1.41. The van der Waals surface area contributed by atoms with Gasteiger partial charge < -0.3 is 14.6 Å². The predicted octanol–water partition coefficient (Wildman–Crippen LogP) is 6.73. The van der Waals surface area contributed by atoms with Gasteiger partial charge in [0.05, 0.1) is 6.61 Å². The van der Waals surface area contributed by atoms with Gasteiger partial charge in [0.15, 0.2) is 0 Å². The van der Waals surface area contributed by atoms with Gasteiger partial charge in [0.1, 0.15) is 11.6 Å². The molecule has 5 rings (SSSR count). The average Bonchev–Trinajstić information content (AvgIpc) is 3.52. The Morgan fingerprint density at radius 2 is 1.74 bits per heavy atom. The molecule has 1 aliphatic heterocycles. The number of aromatic nitrogens is 2. The molecule has 0 bridgehead atoms. The number of nitrogens with one attached hydrogen (secondary N) is 1. The van der Waals surface area contributed by atoms with Crippen molar-refractivity contribution in [3.63, 3.8) is 0 Å². The fraction of sp³-hybridized carbons (Fsp3) is 0.429. The van der Waals surface area contributed by atoms with Gasteiger partial charge in [0, 0.05) is 47.4 Å². The van der Waals surface area contributed by atoms with E-state index in [1.54, 1.807) is 6.20 Å². The number of hydrogen-bond donors (Lipinski definition) is 1. The van der Waals surface area contributed by atoms with Crippen LogP contribution in [-0.4, -0.2) is 40.0 Å². The van der Waals surface area contributed by atoms with Crippen LogP contribution in [0, 0.1) is 5.92 Å². The molecule has 1 saturated carbocycles. The number of nitrogens with zero attached hydrogens (tertiary/aromatic N) is 2. The molecule has 1 amide bonds. The molecule has 2 aromatic carbocycles. The normalized spacial score (nSPS) is 18.9. The molecule has 2 heterocycles. The predicted molar refractivity (Wildman–Crippen MR) is 140 cm³/mol. The Balaban J connectivity index is 1.22. The summed E-state index contributed by atoms with van der Waals surface area (Å²) in [5.74, 6) is 1.95. The van der Waals surface area contributed by atoms with E-state index in [-0.39, 0.29) is 11.8 Å². The highest BCUT2D eigenvalue weighted by atomic mass is 35.5. The van der Waals surface area contributed by atoms with Crippen LogP contribution in [0.5, 0.6) is 5.75 Å². The van der Waals surface area contributed by atoms with E-state index in [4.69, 9.17) is 27.9 Å². The highest BCUT2D eigenvalue weighted by Crippen LogP contribution is 2.37. The maximum Gasteiger partial charge on any atom is 0.226 e. The minimum Gasteiger partial charge on any atom is -0.493 e. The highest BCUT2D eigenvalue weighted by Gasteiger charge is 2.36. The maximum atomic E-state index is 13.1. The largest absolute Gasteiger partial charge is 0.493 e. The number of amides is 1. The monoisotopic (exact) mass is 511 g/mol. The Morgan fingerprint density at radius 1 is 1.00 bits per heavy atom.